The van der Waals surface area contributed by atoms with E-state index in [-0.39, 0.29) is 16.5 Å². The summed E-state index contributed by atoms with van der Waals surface area (Å²) in [5.74, 6) is -1.02. The second-order valence-corrected chi connectivity index (χ2v) is 4.53. The molecule has 0 aromatic heterocycles. The van der Waals surface area contributed by atoms with E-state index >= 15 is 0 Å². The van der Waals surface area contributed by atoms with Crippen molar-refractivity contribution in [1.29, 1.82) is 0 Å². The number of halogens is 3. The van der Waals surface area contributed by atoms with Gasteiger partial charge in [-0.3, -0.25) is 0 Å². The van der Waals surface area contributed by atoms with E-state index in [1.54, 1.807) is 19.1 Å². The second-order valence-electron chi connectivity index (χ2n) is 4.12. The van der Waals surface area contributed by atoms with Gasteiger partial charge in [-0.25, -0.2) is 8.78 Å². The Morgan fingerprint density at radius 3 is 2.53 bits per heavy atom. The molecule has 2 nitrogen and oxygen atoms in total. The lowest BCUT2D eigenvalue weighted by Gasteiger charge is -2.14. The fraction of sp³-hybridized carbons (Fsp3) is 0.143. The smallest absolute Gasteiger partial charge is 0.167 e. The molecule has 0 amide bonds. The molecule has 0 radical (unpaired) electrons. The van der Waals surface area contributed by atoms with Crippen molar-refractivity contribution in [3.63, 3.8) is 0 Å². The summed E-state index contributed by atoms with van der Waals surface area (Å²) < 4.78 is 32.5. The number of para-hydroxylation sites is 1. The standard InChI is InChI=1S/C14H12ClF2NO/c1-8(18)10-3-2-4-12(16)14(10)19-9-5-6-11(15)13(17)7-9/h2-8H,18H2,1H3/t8-/m1/s1. The van der Waals surface area contributed by atoms with Crippen LogP contribution in [0.25, 0.3) is 0 Å². The van der Waals surface area contributed by atoms with E-state index in [1.807, 2.05) is 0 Å². The summed E-state index contributed by atoms with van der Waals surface area (Å²) in [4.78, 5) is 0. The highest BCUT2D eigenvalue weighted by Gasteiger charge is 2.14. The Bertz CT molecular complexity index is 602. The zero-order chi connectivity index (χ0) is 14.0. The summed E-state index contributed by atoms with van der Waals surface area (Å²) in [5.41, 5.74) is 6.26. The predicted octanol–water partition coefficient (Wildman–Crippen LogP) is 4.43. The molecule has 0 saturated heterocycles. The van der Waals surface area contributed by atoms with E-state index in [9.17, 15) is 8.78 Å². The van der Waals surface area contributed by atoms with E-state index < -0.39 is 17.7 Å². The minimum Gasteiger partial charge on any atom is -0.454 e. The van der Waals surface area contributed by atoms with Crippen molar-refractivity contribution in [1.82, 2.24) is 0 Å². The van der Waals surface area contributed by atoms with Crippen LogP contribution in [0.1, 0.15) is 18.5 Å². The zero-order valence-electron chi connectivity index (χ0n) is 10.2. The molecule has 0 saturated carbocycles. The molecule has 0 aliphatic carbocycles. The molecular weight excluding hydrogens is 272 g/mol. The van der Waals surface area contributed by atoms with Gasteiger partial charge in [0.05, 0.1) is 5.02 Å². The summed E-state index contributed by atoms with van der Waals surface area (Å²) >= 11 is 5.57. The lowest BCUT2D eigenvalue weighted by atomic mass is 10.1. The maximum atomic E-state index is 13.8. The monoisotopic (exact) mass is 283 g/mol. The lowest BCUT2D eigenvalue weighted by molar-refractivity contribution is 0.429. The summed E-state index contributed by atoms with van der Waals surface area (Å²) in [6.07, 6.45) is 0. The number of hydrogen-bond acceptors (Lipinski definition) is 2. The van der Waals surface area contributed by atoms with Crippen LogP contribution in [0.5, 0.6) is 11.5 Å². The molecule has 0 bridgehead atoms. The number of benzene rings is 2. The Labute approximate surface area is 114 Å². The van der Waals surface area contributed by atoms with Gasteiger partial charge in [-0.2, -0.15) is 0 Å². The van der Waals surface area contributed by atoms with Crippen molar-refractivity contribution in [2.45, 2.75) is 13.0 Å². The van der Waals surface area contributed by atoms with Crippen molar-refractivity contribution < 1.29 is 13.5 Å². The first-order valence-corrected chi connectivity index (χ1v) is 6.03. The molecule has 0 heterocycles. The molecular formula is C14H12ClF2NO. The molecule has 19 heavy (non-hydrogen) atoms. The first-order valence-electron chi connectivity index (χ1n) is 5.66. The minimum absolute atomic E-state index is 0.000720. The maximum Gasteiger partial charge on any atom is 0.167 e. The van der Waals surface area contributed by atoms with Crippen LogP contribution in [-0.4, -0.2) is 0 Å². The normalized spacial score (nSPS) is 12.3. The van der Waals surface area contributed by atoms with E-state index in [1.165, 1.54) is 18.2 Å². The van der Waals surface area contributed by atoms with Crippen LogP contribution in [0.15, 0.2) is 36.4 Å². The molecule has 2 aromatic rings. The number of ether oxygens (including phenoxy) is 1. The zero-order valence-corrected chi connectivity index (χ0v) is 10.9. The van der Waals surface area contributed by atoms with Gasteiger partial charge in [0.25, 0.3) is 0 Å². The molecule has 2 N–H and O–H groups in total. The molecule has 0 aliphatic rings. The Kier molecular flexibility index (Phi) is 4.02. The van der Waals surface area contributed by atoms with E-state index in [0.717, 1.165) is 6.07 Å². The number of rotatable bonds is 3. The Morgan fingerprint density at radius 2 is 1.89 bits per heavy atom. The van der Waals surface area contributed by atoms with Crippen LogP contribution < -0.4 is 10.5 Å². The fourth-order valence-corrected chi connectivity index (χ4v) is 1.77. The Balaban J connectivity index is 2.40. The van der Waals surface area contributed by atoms with E-state index in [4.69, 9.17) is 22.1 Å². The van der Waals surface area contributed by atoms with Gasteiger partial charge in [0.2, 0.25) is 0 Å². The van der Waals surface area contributed by atoms with Crippen LogP contribution in [-0.2, 0) is 0 Å². The van der Waals surface area contributed by atoms with Gasteiger partial charge in [-0.05, 0) is 25.1 Å². The minimum atomic E-state index is -0.627. The van der Waals surface area contributed by atoms with Crippen molar-refractivity contribution >= 4 is 11.6 Å². The largest absolute Gasteiger partial charge is 0.454 e. The summed E-state index contributed by atoms with van der Waals surface area (Å²) in [6.45, 7) is 1.71. The predicted molar refractivity (Wildman–Crippen MR) is 70.5 cm³/mol. The van der Waals surface area contributed by atoms with Crippen LogP contribution in [0.2, 0.25) is 5.02 Å². The summed E-state index contributed by atoms with van der Waals surface area (Å²) in [6, 6.07) is 7.97. The van der Waals surface area contributed by atoms with Crippen molar-refractivity contribution in [2.75, 3.05) is 0 Å². The van der Waals surface area contributed by atoms with Crippen LogP contribution in [0, 0.1) is 11.6 Å². The third-order valence-corrected chi connectivity index (χ3v) is 2.91. The molecule has 2 rings (SSSR count). The van der Waals surface area contributed by atoms with Gasteiger partial charge in [0.1, 0.15) is 11.6 Å². The van der Waals surface area contributed by atoms with Gasteiger partial charge in [0, 0.05) is 17.7 Å². The third kappa shape index (κ3) is 3.03. The van der Waals surface area contributed by atoms with Crippen molar-refractivity contribution in [2.24, 2.45) is 5.73 Å². The first kappa shape index (κ1) is 13.8. The van der Waals surface area contributed by atoms with Gasteiger partial charge < -0.3 is 10.5 Å². The summed E-state index contributed by atoms with van der Waals surface area (Å²) in [7, 11) is 0. The van der Waals surface area contributed by atoms with E-state index in [2.05, 4.69) is 0 Å². The second kappa shape index (κ2) is 5.55. The van der Waals surface area contributed by atoms with Crippen LogP contribution in [0.4, 0.5) is 8.78 Å². The molecule has 100 valence electrons. The van der Waals surface area contributed by atoms with Gasteiger partial charge in [-0.15, -0.1) is 0 Å². The average molecular weight is 284 g/mol. The summed E-state index contributed by atoms with van der Waals surface area (Å²) in [5, 5.41) is -0.0201. The molecule has 0 fully saturated rings. The highest BCUT2D eigenvalue weighted by molar-refractivity contribution is 6.30. The molecule has 0 aliphatic heterocycles. The first-order chi connectivity index (χ1) is 8.99. The van der Waals surface area contributed by atoms with Crippen molar-refractivity contribution in [3.05, 3.63) is 58.6 Å². The molecule has 1 atom stereocenters. The van der Waals surface area contributed by atoms with Crippen LogP contribution >= 0.6 is 11.6 Å². The van der Waals surface area contributed by atoms with Crippen molar-refractivity contribution in [3.8, 4) is 11.5 Å². The molecule has 2 aromatic carbocycles. The number of hydrogen-bond donors (Lipinski definition) is 1. The van der Waals surface area contributed by atoms with Gasteiger partial charge in [-0.1, -0.05) is 23.7 Å². The fourth-order valence-electron chi connectivity index (χ4n) is 1.65. The average Bonchev–Trinajstić information content (AvgIpc) is 2.36. The molecule has 0 unspecified atom stereocenters. The highest BCUT2D eigenvalue weighted by Crippen LogP contribution is 2.32. The van der Waals surface area contributed by atoms with Gasteiger partial charge >= 0.3 is 0 Å². The van der Waals surface area contributed by atoms with Crippen LogP contribution in [0.3, 0.4) is 0 Å². The van der Waals surface area contributed by atoms with Gasteiger partial charge in [0.15, 0.2) is 11.6 Å². The Hall–Kier alpha value is -1.65. The quantitative estimate of drug-likeness (QED) is 0.904. The molecule has 0 spiro atoms. The Morgan fingerprint density at radius 1 is 1.16 bits per heavy atom. The topological polar surface area (TPSA) is 35.2 Å². The third-order valence-electron chi connectivity index (χ3n) is 2.60. The highest BCUT2D eigenvalue weighted by atomic mass is 35.5. The number of nitrogens with two attached hydrogens (primary N) is 1. The SMILES string of the molecule is C[C@@H](N)c1cccc(F)c1Oc1ccc(Cl)c(F)c1. The molecule has 5 heteroatoms. The van der Waals surface area contributed by atoms with E-state index in [0.29, 0.717) is 5.56 Å². The maximum absolute atomic E-state index is 13.8. The lowest BCUT2D eigenvalue weighted by Crippen LogP contribution is -2.07.